The predicted octanol–water partition coefficient (Wildman–Crippen LogP) is 0.504. The van der Waals surface area contributed by atoms with Gasteiger partial charge in [-0.3, -0.25) is 14.5 Å². The van der Waals surface area contributed by atoms with Crippen LogP contribution in [0.4, 0.5) is 5.69 Å². The molecule has 0 saturated heterocycles. The molecule has 114 valence electrons. The quantitative estimate of drug-likeness (QED) is 0.721. The highest BCUT2D eigenvalue weighted by molar-refractivity contribution is 7.92. The zero-order valence-corrected chi connectivity index (χ0v) is 12.7. The first-order valence-corrected chi connectivity index (χ1v) is 8.23. The smallest absolute Gasteiger partial charge is 0.265 e. The molecule has 0 spiro atoms. The largest absolute Gasteiger partial charge is 0.308 e. The molecule has 1 saturated carbocycles. The van der Waals surface area contributed by atoms with Gasteiger partial charge in [0.25, 0.3) is 10.0 Å². The van der Waals surface area contributed by atoms with Crippen LogP contribution in [0, 0.1) is 6.92 Å². The van der Waals surface area contributed by atoms with Gasteiger partial charge < -0.3 is 5.32 Å². The van der Waals surface area contributed by atoms with Gasteiger partial charge in [0, 0.05) is 25.8 Å². The van der Waals surface area contributed by atoms with E-state index in [-0.39, 0.29) is 4.90 Å². The standard InChI is InChI=1S/C12H18N6O2S/c1-8-12(11(16-15-8)6-13-9-3-4-9)21(19,20)17-10-5-14-18(2)7-10/h5,7,9,13,17H,3-4,6H2,1-2H3,(H,15,16). The predicted molar refractivity (Wildman–Crippen MR) is 77.2 cm³/mol. The van der Waals surface area contributed by atoms with Crippen LogP contribution < -0.4 is 10.0 Å². The number of hydrogen-bond acceptors (Lipinski definition) is 5. The minimum absolute atomic E-state index is 0.208. The van der Waals surface area contributed by atoms with Crippen LogP contribution in [0.5, 0.6) is 0 Å². The third-order valence-electron chi connectivity index (χ3n) is 3.32. The first-order chi connectivity index (χ1) is 9.95. The topological polar surface area (TPSA) is 105 Å². The lowest BCUT2D eigenvalue weighted by Gasteiger charge is -2.08. The summed E-state index contributed by atoms with van der Waals surface area (Å²) >= 11 is 0. The molecule has 0 aromatic carbocycles. The van der Waals surface area contributed by atoms with Gasteiger partial charge in [0.2, 0.25) is 0 Å². The molecule has 0 atom stereocenters. The third kappa shape index (κ3) is 3.08. The molecule has 0 aliphatic heterocycles. The van der Waals surface area contributed by atoms with Crippen molar-refractivity contribution in [2.45, 2.75) is 37.2 Å². The summed E-state index contributed by atoms with van der Waals surface area (Å²) in [5.74, 6) is 0. The number of aromatic amines is 1. The summed E-state index contributed by atoms with van der Waals surface area (Å²) in [5, 5.41) is 14.1. The molecule has 1 aliphatic carbocycles. The zero-order valence-electron chi connectivity index (χ0n) is 11.9. The Labute approximate surface area is 123 Å². The molecular formula is C12H18N6O2S. The number of rotatable bonds is 6. The summed E-state index contributed by atoms with van der Waals surface area (Å²) in [6.45, 7) is 2.14. The number of hydrogen-bond donors (Lipinski definition) is 3. The molecule has 0 unspecified atom stereocenters. The van der Waals surface area contributed by atoms with Crippen molar-refractivity contribution in [2.75, 3.05) is 4.72 Å². The van der Waals surface area contributed by atoms with Gasteiger partial charge in [0.05, 0.1) is 23.3 Å². The van der Waals surface area contributed by atoms with Crippen LogP contribution in [-0.4, -0.2) is 34.4 Å². The lowest BCUT2D eigenvalue weighted by molar-refractivity contribution is 0.596. The van der Waals surface area contributed by atoms with Crippen LogP contribution >= 0.6 is 0 Å². The molecule has 2 aromatic heterocycles. The average Bonchev–Trinajstić information content (AvgIpc) is 3.04. The van der Waals surface area contributed by atoms with Gasteiger partial charge in [-0.25, -0.2) is 8.42 Å². The minimum Gasteiger partial charge on any atom is -0.308 e. The van der Waals surface area contributed by atoms with Crippen molar-refractivity contribution >= 4 is 15.7 Å². The van der Waals surface area contributed by atoms with Crippen LogP contribution in [0.3, 0.4) is 0 Å². The fourth-order valence-electron chi connectivity index (χ4n) is 2.15. The van der Waals surface area contributed by atoms with Gasteiger partial charge in [-0.2, -0.15) is 10.2 Å². The summed E-state index contributed by atoms with van der Waals surface area (Å²) < 4.78 is 29.1. The van der Waals surface area contributed by atoms with Crippen molar-refractivity contribution in [1.29, 1.82) is 0 Å². The first kappa shape index (κ1) is 14.1. The average molecular weight is 310 g/mol. The summed E-state index contributed by atoms with van der Waals surface area (Å²) in [4.78, 5) is 0.208. The van der Waals surface area contributed by atoms with E-state index in [9.17, 15) is 8.42 Å². The summed E-state index contributed by atoms with van der Waals surface area (Å²) in [7, 11) is -1.95. The molecule has 1 aliphatic rings. The Bertz CT molecular complexity index is 744. The monoisotopic (exact) mass is 310 g/mol. The van der Waals surface area contributed by atoms with Crippen molar-refractivity contribution < 1.29 is 8.42 Å². The molecule has 3 N–H and O–H groups in total. The minimum atomic E-state index is -3.68. The van der Waals surface area contributed by atoms with E-state index >= 15 is 0 Å². The van der Waals surface area contributed by atoms with Gasteiger partial charge in [-0.05, 0) is 19.8 Å². The number of anilines is 1. The lowest BCUT2D eigenvalue weighted by atomic mass is 10.3. The zero-order chi connectivity index (χ0) is 15.0. The Morgan fingerprint density at radius 2 is 2.24 bits per heavy atom. The molecule has 3 rings (SSSR count). The number of sulfonamides is 1. The number of H-pyrrole nitrogens is 1. The van der Waals surface area contributed by atoms with Crippen molar-refractivity contribution in [3.63, 3.8) is 0 Å². The van der Waals surface area contributed by atoms with Crippen molar-refractivity contribution in [2.24, 2.45) is 7.05 Å². The Morgan fingerprint density at radius 3 is 2.86 bits per heavy atom. The molecule has 2 heterocycles. The SMILES string of the molecule is Cc1[nH]nc(CNC2CC2)c1S(=O)(=O)Nc1cnn(C)c1. The number of aromatic nitrogens is 4. The second kappa shape index (κ2) is 5.15. The summed E-state index contributed by atoms with van der Waals surface area (Å²) in [5.41, 5.74) is 1.47. The Kier molecular flexibility index (Phi) is 3.46. The summed E-state index contributed by atoms with van der Waals surface area (Å²) in [6.07, 6.45) is 5.35. The molecule has 0 radical (unpaired) electrons. The molecule has 0 bridgehead atoms. The van der Waals surface area contributed by atoms with Gasteiger partial charge in [-0.1, -0.05) is 0 Å². The second-order valence-corrected chi connectivity index (χ2v) is 6.91. The fourth-order valence-corrected chi connectivity index (χ4v) is 3.55. The van der Waals surface area contributed by atoms with Gasteiger partial charge in [0.1, 0.15) is 4.90 Å². The normalized spacial score (nSPS) is 15.3. The molecule has 2 aromatic rings. The van der Waals surface area contributed by atoms with E-state index in [1.165, 1.54) is 10.9 Å². The lowest BCUT2D eigenvalue weighted by Crippen LogP contribution is -2.20. The Balaban J connectivity index is 1.84. The van der Waals surface area contributed by atoms with E-state index in [1.54, 1.807) is 20.2 Å². The maximum atomic E-state index is 12.5. The highest BCUT2D eigenvalue weighted by Crippen LogP contribution is 2.23. The van der Waals surface area contributed by atoms with E-state index in [0.29, 0.717) is 29.7 Å². The third-order valence-corrected chi connectivity index (χ3v) is 4.91. The van der Waals surface area contributed by atoms with E-state index in [2.05, 4.69) is 25.3 Å². The molecule has 9 heteroatoms. The van der Waals surface area contributed by atoms with Crippen molar-refractivity contribution in [3.8, 4) is 0 Å². The Morgan fingerprint density at radius 1 is 1.48 bits per heavy atom. The van der Waals surface area contributed by atoms with E-state index in [0.717, 1.165) is 12.8 Å². The van der Waals surface area contributed by atoms with Crippen LogP contribution in [0.25, 0.3) is 0 Å². The number of aryl methyl sites for hydroxylation is 2. The van der Waals surface area contributed by atoms with Crippen molar-refractivity contribution in [1.82, 2.24) is 25.3 Å². The first-order valence-electron chi connectivity index (χ1n) is 6.74. The molecular weight excluding hydrogens is 292 g/mol. The van der Waals surface area contributed by atoms with E-state index in [1.807, 2.05) is 0 Å². The molecule has 1 fully saturated rings. The van der Waals surface area contributed by atoms with Gasteiger partial charge in [-0.15, -0.1) is 0 Å². The van der Waals surface area contributed by atoms with E-state index in [4.69, 9.17) is 0 Å². The molecule has 0 amide bonds. The van der Waals surface area contributed by atoms with Crippen LogP contribution in [0.1, 0.15) is 24.2 Å². The highest BCUT2D eigenvalue weighted by Gasteiger charge is 2.27. The maximum absolute atomic E-state index is 12.5. The van der Waals surface area contributed by atoms with Crippen LogP contribution in [-0.2, 0) is 23.6 Å². The Hall–Kier alpha value is -1.87. The fraction of sp³-hybridized carbons (Fsp3) is 0.500. The van der Waals surface area contributed by atoms with Crippen LogP contribution in [0.2, 0.25) is 0 Å². The van der Waals surface area contributed by atoms with Crippen molar-refractivity contribution in [3.05, 3.63) is 23.8 Å². The molecule has 21 heavy (non-hydrogen) atoms. The highest BCUT2D eigenvalue weighted by atomic mass is 32.2. The second-order valence-electron chi connectivity index (χ2n) is 5.29. The summed E-state index contributed by atoms with van der Waals surface area (Å²) in [6, 6.07) is 0.490. The van der Waals surface area contributed by atoms with E-state index < -0.39 is 10.0 Å². The van der Waals surface area contributed by atoms with Crippen LogP contribution in [0.15, 0.2) is 17.3 Å². The number of nitrogens with zero attached hydrogens (tertiary/aromatic N) is 3. The number of nitrogens with one attached hydrogen (secondary N) is 3. The van der Waals surface area contributed by atoms with Gasteiger partial charge >= 0.3 is 0 Å². The van der Waals surface area contributed by atoms with Gasteiger partial charge in [0.15, 0.2) is 0 Å². The maximum Gasteiger partial charge on any atom is 0.265 e. The molecule has 8 nitrogen and oxygen atoms in total.